The van der Waals surface area contributed by atoms with Crippen molar-refractivity contribution in [2.75, 3.05) is 7.05 Å². The molecule has 0 aromatic carbocycles. The van der Waals surface area contributed by atoms with Crippen LogP contribution in [-0.4, -0.2) is 35.1 Å². The number of nitrogens with zero attached hydrogens (tertiary/aromatic N) is 1. The van der Waals surface area contributed by atoms with Gasteiger partial charge in [0, 0.05) is 23.4 Å². The lowest BCUT2D eigenvalue weighted by atomic mass is 10.1. The highest BCUT2D eigenvalue weighted by molar-refractivity contribution is 7.09. The van der Waals surface area contributed by atoms with Gasteiger partial charge in [-0.3, -0.25) is 4.79 Å². The van der Waals surface area contributed by atoms with Crippen LogP contribution in [0, 0.1) is 0 Å². The third-order valence-electron chi connectivity index (χ3n) is 3.24. The molecule has 2 unspecified atom stereocenters. The summed E-state index contributed by atoms with van der Waals surface area (Å²) >= 11 is 1.78. The van der Waals surface area contributed by atoms with Crippen LogP contribution in [0.2, 0.25) is 0 Å². The number of carboxylic acid groups (broad SMARTS) is 1. The van der Waals surface area contributed by atoms with Crippen molar-refractivity contribution >= 4 is 17.3 Å². The maximum absolute atomic E-state index is 10.5. The van der Waals surface area contributed by atoms with Crippen LogP contribution in [0.4, 0.5) is 0 Å². The second-order valence-electron chi connectivity index (χ2n) is 4.58. The Balaban J connectivity index is 2.39. The van der Waals surface area contributed by atoms with Gasteiger partial charge in [-0.1, -0.05) is 6.07 Å². The third kappa shape index (κ3) is 4.88. The molecule has 3 nitrogen and oxygen atoms in total. The number of hydrogen-bond donors (Lipinski definition) is 1. The van der Waals surface area contributed by atoms with Crippen molar-refractivity contribution in [3.63, 3.8) is 0 Å². The van der Waals surface area contributed by atoms with Crippen LogP contribution in [0.3, 0.4) is 0 Å². The zero-order valence-electron chi connectivity index (χ0n) is 10.7. The Morgan fingerprint density at radius 1 is 1.47 bits per heavy atom. The van der Waals surface area contributed by atoms with E-state index in [0.29, 0.717) is 18.5 Å². The fourth-order valence-corrected chi connectivity index (χ4v) is 2.66. The first-order valence-corrected chi connectivity index (χ1v) is 6.84. The highest BCUT2D eigenvalue weighted by Gasteiger charge is 2.17. The van der Waals surface area contributed by atoms with E-state index in [1.54, 1.807) is 11.3 Å². The van der Waals surface area contributed by atoms with E-state index in [-0.39, 0.29) is 6.42 Å². The Kier molecular flexibility index (Phi) is 5.65. The van der Waals surface area contributed by atoms with Crippen molar-refractivity contribution in [2.24, 2.45) is 0 Å². The fourth-order valence-electron chi connectivity index (χ4n) is 1.83. The maximum Gasteiger partial charge on any atom is 0.303 e. The summed E-state index contributed by atoms with van der Waals surface area (Å²) in [5, 5.41) is 10.8. The van der Waals surface area contributed by atoms with E-state index in [2.05, 4.69) is 43.3 Å². The van der Waals surface area contributed by atoms with Crippen LogP contribution in [0.25, 0.3) is 0 Å². The molecule has 0 saturated heterocycles. The van der Waals surface area contributed by atoms with Gasteiger partial charge in [0.05, 0.1) is 0 Å². The molecule has 0 bridgehead atoms. The van der Waals surface area contributed by atoms with Crippen molar-refractivity contribution in [1.82, 2.24) is 4.90 Å². The third-order valence-corrected chi connectivity index (χ3v) is 4.14. The summed E-state index contributed by atoms with van der Waals surface area (Å²) < 4.78 is 0. The molecule has 1 heterocycles. The molecule has 0 saturated carbocycles. The highest BCUT2D eigenvalue weighted by Crippen LogP contribution is 2.16. The van der Waals surface area contributed by atoms with Gasteiger partial charge in [-0.25, -0.2) is 0 Å². The lowest BCUT2D eigenvalue weighted by molar-refractivity contribution is -0.137. The summed E-state index contributed by atoms with van der Waals surface area (Å²) in [6.45, 7) is 4.28. The van der Waals surface area contributed by atoms with E-state index < -0.39 is 5.97 Å². The molecular formula is C13H21NO2S. The molecule has 4 heteroatoms. The number of carboxylic acids is 1. The second-order valence-corrected chi connectivity index (χ2v) is 5.61. The molecular weight excluding hydrogens is 234 g/mol. The van der Waals surface area contributed by atoms with Gasteiger partial charge in [0.1, 0.15) is 0 Å². The first-order valence-electron chi connectivity index (χ1n) is 5.96. The molecule has 1 aromatic heterocycles. The normalized spacial score (nSPS) is 14.8. The van der Waals surface area contributed by atoms with E-state index in [0.717, 1.165) is 6.42 Å². The SMILES string of the molecule is CC(CCC(=O)O)N(C)C(C)Cc1cccs1. The van der Waals surface area contributed by atoms with Crippen molar-refractivity contribution in [1.29, 1.82) is 0 Å². The number of rotatable bonds is 7. The van der Waals surface area contributed by atoms with Gasteiger partial charge in [-0.05, 0) is 45.2 Å². The first-order chi connectivity index (χ1) is 8.00. The lowest BCUT2D eigenvalue weighted by Gasteiger charge is -2.30. The number of aliphatic carboxylic acids is 1. The number of hydrogen-bond acceptors (Lipinski definition) is 3. The van der Waals surface area contributed by atoms with Gasteiger partial charge < -0.3 is 10.0 Å². The zero-order valence-corrected chi connectivity index (χ0v) is 11.5. The van der Waals surface area contributed by atoms with Crippen molar-refractivity contribution in [3.8, 4) is 0 Å². The molecule has 0 aliphatic carbocycles. The minimum atomic E-state index is -0.712. The Hall–Kier alpha value is -0.870. The van der Waals surface area contributed by atoms with E-state index in [1.807, 2.05) is 0 Å². The quantitative estimate of drug-likeness (QED) is 0.814. The van der Waals surface area contributed by atoms with Gasteiger partial charge in [0.2, 0.25) is 0 Å². The molecule has 96 valence electrons. The summed E-state index contributed by atoms with van der Waals surface area (Å²) in [5.41, 5.74) is 0. The Morgan fingerprint density at radius 2 is 2.18 bits per heavy atom. The molecule has 0 spiro atoms. The predicted molar refractivity (Wildman–Crippen MR) is 71.6 cm³/mol. The monoisotopic (exact) mass is 255 g/mol. The fraction of sp³-hybridized carbons (Fsp3) is 0.615. The molecule has 0 radical (unpaired) electrons. The summed E-state index contributed by atoms with van der Waals surface area (Å²) in [6.07, 6.45) is 1.99. The van der Waals surface area contributed by atoms with E-state index in [1.165, 1.54) is 4.88 Å². The average molecular weight is 255 g/mol. The van der Waals surface area contributed by atoms with Gasteiger partial charge in [0.15, 0.2) is 0 Å². The van der Waals surface area contributed by atoms with Crippen LogP contribution in [-0.2, 0) is 11.2 Å². The average Bonchev–Trinajstić information content (AvgIpc) is 2.77. The van der Waals surface area contributed by atoms with Gasteiger partial charge in [-0.15, -0.1) is 11.3 Å². The zero-order chi connectivity index (χ0) is 12.8. The number of likely N-dealkylation sites (N-methyl/N-ethyl adjacent to an activating group) is 1. The Labute approximate surface area is 107 Å². The molecule has 0 amide bonds. The van der Waals surface area contributed by atoms with Crippen molar-refractivity contribution < 1.29 is 9.90 Å². The summed E-state index contributed by atoms with van der Waals surface area (Å²) in [7, 11) is 2.07. The van der Waals surface area contributed by atoms with Crippen LogP contribution >= 0.6 is 11.3 Å². The largest absolute Gasteiger partial charge is 0.481 e. The topological polar surface area (TPSA) is 40.5 Å². The maximum atomic E-state index is 10.5. The minimum absolute atomic E-state index is 0.247. The van der Waals surface area contributed by atoms with E-state index in [4.69, 9.17) is 5.11 Å². The molecule has 1 N–H and O–H groups in total. The Morgan fingerprint density at radius 3 is 2.71 bits per heavy atom. The molecule has 1 rings (SSSR count). The van der Waals surface area contributed by atoms with Gasteiger partial charge in [-0.2, -0.15) is 0 Å². The summed E-state index contributed by atoms with van der Waals surface area (Å²) in [6, 6.07) is 4.97. The van der Waals surface area contributed by atoms with E-state index >= 15 is 0 Å². The molecule has 0 fully saturated rings. The smallest absolute Gasteiger partial charge is 0.303 e. The van der Waals surface area contributed by atoms with Crippen LogP contribution < -0.4 is 0 Å². The molecule has 2 atom stereocenters. The van der Waals surface area contributed by atoms with Crippen molar-refractivity contribution in [2.45, 2.75) is 45.2 Å². The number of thiophene rings is 1. The number of carbonyl (C=O) groups is 1. The minimum Gasteiger partial charge on any atom is -0.481 e. The molecule has 0 aliphatic heterocycles. The molecule has 1 aromatic rings. The standard InChI is InChI=1S/C13H21NO2S/c1-10(6-7-13(15)16)14(3)11(2)9-12-5-4-8-17-12/h4-5,8,10-11H,6-7,9H2,1-3H3,(H,15,16). The highest BCUT2D eigenvalue weighted by atomic mass is 32.1. The van der Waals surface area contributed by atoms with Crippen LogP contribution in [0.1, 0.15) is 31.6 Å². The second kappa shape index (κ2) is 6.77. The first kappa shape index (κ1) is 14.2. The van der Waals surface area contributed by atoms with Gasteiger partial charge >= 0.3 is 5.97 Å². The van der Waals surface area contributed by atoms with Crippen LogP contribution in [0.5, 0.6) is 0 Å². The van der Waals surface area contributed by atoms with Crippen molar-refractivity contribution in [3.05, 3.63) is 22.4 Å². The molecule has 0 aliphatic rings. The van der Waals surface area contributed by atoms with Gasteiger partial charge in [0.25, 0.3) is 0 Å². The Bertz CT molecular complexity index is 337. The summed E-state index contributed by atoms with van der Waals surface area (Å²) in [4.78, 5) is 14.2. The van der Waals surface area contributed by atoms with Crippen LogP contribution in [0.15, 0.2) is 17.5 Å². The predicted octanol–water partition coefficient (Wildman–Crippen LogP) is 2.86. The summed E-state index contributed by atoms with van der Waals surface area (Å²) in [5.74, 6) is -0.712. The molecule has 17 heavy (non-hydrogen) atoms. The lowest BCUT2D eigenvalue weighted by Crippen LogP contribution is -2.38. The van der Waals surface area contributed by atoms with E-state index in [9.17, 15) is 4.79 Å².